The molecule has 156 valence electrons. The van der Waals surface area contributed by atoms with E-state index >= 15 is 0 Å². The van der Waals surface area contributed by atoms with Crippen LogP contribution in [-0.2, 0) is 9.59 Å². The topological polar surface area (TPSA) is 81.1 Å². The van der Waals surface area contributed by atoms with Crippen molar-refractivity contribution >= 4 is 35.4 Å². The Morgan fingerprint density at radius 2 is 2.03 bits per heavy atom. The van der Waals surface area contributed by atoms with E-state index in [0.29, 0.717) is 18.7 Å². The molecular formula is C21H26N2O4S2. The molecule has 0 spiro atoms. The van der Waals surface area contributed by atoms with Crippen molar-refractivity contribution in [1.29, 1.82) is 0 Å². The average molecular weight is 435 g/mol. The number of hydrogen-bond acceptors (Lipinski definition) is 6. The number of aliphatic hydroxyl groups is 2. The van der Waals surface area contributed by atoms with E-state index in [0.717, 1.165) is 30.0 Å². The van der Waals surface area contributed by atoms with Crippen molar-refractivity contribution in [2.75, 3.05) is 19.6 Å². The molecule has 3 aliphatic rings. The summed E-state index contributed by atoms with van der Waals surface area (Å²) in [5, 5.41) is 20.1. The third kappa shape index (κ3) is 3.77. The van der Waals surface area contributed by atoms with Crippen molar-refractivity contribution in [3.63, 3.8) is 0 Å². The molecule has 6 nitrogen and oxygen atoms in total. The van der Waals surface area contributed by atoms with Gasteiger partial charge in [0.05, 0.1) is 18.1 Å². The normalized spacial score (nSPS) is 29.0. The number of β-amino-alcohol motifs (C(OH)–C–C–N with tert-alkyl or cyclic N) is 1. The van der Waals surface area contributed by atoms with Crippen LogP contribution in [-0.4, -0.2) is 62.1 Å². The summed E-state index contributed by atoms with van der Waals surface area (Å²) in [5.41, 5.74) is 1.28. The fraction of sp³-hybridized carbons (Fsp3) is 0.524. The molecule has 8 heteroatoms. The second-order valence-electron chi connectivity index (χ2n) is 7.91. The van der Waals surface area contributed by atoms with E-state index in [9.17, 15) is 19.8 Å². The lowest BCUT2D eigenvalue weighted by Crippen LogP contribution is -2.61. The number of amides is 1. The molecule has 29 heavy (non-hydrogen) atoms. The molecule has 0 aromatic heterocycles. The Bertz CT molecular complexity index is 831. The van der Waals surface area contributed by atoms with Crippen LogP contribution in [0.5, 0.6) is 0 Å². The summed E-state index contributed by atoms with van der Waals surface area (Å²) in [6, 6.07) is 9.59. The van der Waals surface area contributed by atoms with E-state index in [1.165, 1.54) is 16.7 Å². The van der Waals surface area contributed by atoms with Gasteiger partial charge in [-0.25, -0.2) is 0 Å². The third-order valence-corrected chi connectivity index (χ3v) is 7.84. The van der Waals surface area contributed by atoms with Crippen molar-refractivity contribution in [3.05, 3.63) is 46.5 Å². The van der Waals surface area contributed by atoms with E-state index in [4.69, 9.17) is 0 Å². The van der Waals surface area contributed by atoms with Gasteiger partial charge >= 0.3 is 0 Å². The second-order valence-corrected chi connectivity index (χ2v) is 9.47. The number of carbonyl (C=O) groups excluding carboxylic acids is 2. The van der Waals surface area contributed by atoms with E-state index < -0.39 is 23.2 Å². The summed E-state index contributed by atoms with van der Waals surface area (Å²) < 4.78 is 0. The molecule has 0 radical (unpaired) electrons. The number of fused-ring (bicyclic) bond motifs is 1. The van der Waals surface area contributed by atoms with Gasteiger partial charge in [0, 0.05) is 23.9 Å². The zero-order valence-electron chi connectivity index (χ0n) is 16.3. The first-order valence-corrected chi connectivity index (χ1v) is 11.4. The summed E-state index contributed by atoms with van der Waals surface area (Å²) in [6.45, 7) is 3.94. The number of nitrogens with zero attached hydrogens (tertiary/aromatic N) is 2. The van der Waals surface area contributed by atoms with E-state index in [-0.39, 0.29) is 17.2 Å². The van der Waals surface area contributed by atoms with Gasteiger partial charge in [-0.05, 0) is 24.9 Å². The summed E-state index contributed by atoms with van der Waals surface area (Å²) in [7, 11) is 0. The number of benzene rings is 1. The largest absolute Gasteiger partial charge is 0.392 e. The zero-order chi connectivity index (χ0) is 20.7. The maximum absolute atomic E-state index is 12.6. The molecule has 3 heterocycles. The molecule has 1 unspecified atom stereocenters. The van der Waals surface area contributed by atoms with Crippen LogP contribution in [0, 0.1) is 11.8 Å². The van der Waals surface area contributed by atoms with Crippen LogP contribution < -0.4 is 0 Å². The smallest absolute Gasteiger partial charge is 0.236 e. The number of β-lactam (4-membered cyclic amide) rings is 1. The molecule has 2 saturated heterocycles. The molecule has 0 saturated carbocycles. The first-order chi connectivity index (χ1) is 13.9. The van der Waals surface area contributed by atoms with Gasteiger partial charge in [-0.15, -0.1) is 11.8 Å². The van der Waals surface area contributed by atoms with Gasteiger partial charge in [-0.2, -0.15) is 0 Å². The molecule has 3 aliphatic heterocycles. The maximum Gasteiger partial charge on any atom is 0.236 e. The Hall–Kier alpha value is -1.32. The van der Waals surface area contributed by atoms with Crippen molar-refractivity contribution in [1.82, 2.24) is 9.80 Å². The Balaban J connectivity index is 1.46. The number of carbonyl (C=O) groups is 2. The van der Waals surface area contributed by atoms with Gasteiger partial charge in [0.1, 0.15) is 11.1 Å². The average Bonchev–Trinajstić information content (AvgIpc) is 3.31. The Morgan fingerprint density at radius 3 is 2.69 bits per heavy atom. The molecule has 2 fully saturated rings. The van der Waals surface area contributed by atoms with Gasteiger partial charge < -0.3 is 10.2 Å². The van der Waals surface area contributed by atoms with Gasteiger partial charge in [0.15, 0.2) is 0 Å². The number of rotatable bonds is 7. The van der Waals surface area contributed by atoms with Crippen LogP contribution >= 0.6 is 24.4 Å². The fourth-order valence-corrected chi connectivity index (χ4v) is 6.51. The van der Waals surface area contributed by atoms with E-state index in [1.807, 2.05) is 37.3 Å². The predicted molar refractivity (Wildman–Crippen MR) is 115 cm³/mol. The van der Waals surface area contributed by atoms with Gasteiger partial charge in [0.2, 0.25) is 11.0 Å². The SMILES string of the molecule is CC[C@H](O)[C@@H]1C(=O)N2C(C(=O)S)=C(C3CCN(C[C@H](O)c4ccccc4)C3)S[C@H]12. The molecular weight excluding hydrogens is 408 g/mol. The molecule has 4 rings (SSSR count). The van der Waals surface area contributed by atoms with Crippen LogP contribution in [0.4, 0.5) is 0 Å². The van der Waals surface area contributed by atoms with Crippen LogP contribution in [0.3, 0.4) is 0 Å². The zero-order valence-corrected chi connectivity index (χ0v) is 18.0. The molecule has 1 aromatic rings. The molecule has 1 aromatic carbocycles. The first kappa shape index (κ1) is 20.9. The quantitative estimate of drug-likeness (QED) is 0.450. The van der Waals surface area contributed by atoms with Crippen LogP contribution in [0.1, 0.15) is 31.4 Å². The summed E-state index contributed by atoms with van der Waals surface area (Å²) in [6.07, 6.45) is 0.129. The molecule has 2 N–H and O–H groups in total. The highest BCUT2D eigenvalue weighted by atomic mass is 32.2. The van der Waals surface area contributed by atoms with E-state index in [1.54, 1.807) is 0 Å². The highest BCUT2D eigenvalue weighted by molar-refractivity contribution is 8.04. The number of likely N-dealkylation sites (tertiary alicyclic amines) is 1. The van der Waals surface area contributed by atoms with Gasteiger partial charge in [-0.1, -0.05) is 49.9 Å². The second kappa shape index (κ2) is 8.43. The molecule has 0 bridgehead atoms. The van der Waals surface area contributed by atoms with Crippen molar-refractivity contribution in [3.8, 4) is 0 Å². The number of thiol groups is 1. The third-order valence-electron chi connectivity index (χ3n) is 6.10. The maximum atomic E-state index is 12.6. The summed E-state index contributed by atoms with van der Waals surface area (Å²) >= 11 is 5.56. The van der Waals surface area contributed by atoms with Crippen molar-refractivity contribution in [2.24, 2.45) is 11.8 Å². The summed E-state index contributed by atoms with van der Waals surface area (Å²) in [5.74, 6) is -0.506. The fourth-order valence-electron chi connectivity index (χ4n) is 4.50. The standard InChI is InChI=1S/C21H26N2O4S2/c1-2-14(24)16-19(26)23-17(21(27)28)18(29-20(16)23)13-8-9-22(10-13)11-15(25)12-6-4-3-5-7-12/h3-7,13-16,20,24-25H,2,8-11H2,1H3,(H,27,28)/t13?,14-,15-,16+,20+/m0/s1. The van der Waals surface area contributed by atoms with Crippen molar-refractivity contribution < 1.29 is 19.8 Å². The van der Waals surface area contributed by atoms with Crippen molar-refractivity contribution in [2.45, 2.75) is 37.3 Å². The number of aliphatic hydroxyl groups excluding tert-OH is 2. The minimum atomic E-state index is -0.687. The predicted octanol–water partition coefficient (Wildman–Crippen LogP) is 2.01. The Kier molecular flexibility index (Phi) is 6.09. The molecule has 0 aliphatic carbocycles. The summed E-state index contributed by atoms with van der Waals surface area (Å²) in [4.78, 5) is 29.4. The lowest BCUT2D eigenvalue weighted by molar-refractivity contribution is -0.154. The minimum absolute atomic E-state index is 0.131. The number of hydrogen-bond donors (Lipinski definition) is 3. The highest BCUT2D eigenvalue weighted by Crippen LogP contribution is 2.54. The lowest BCUT2D eigenvalue weighted by Gasteiger charge is -2.44. The van der Waals surface area contributed by atoms with Crippen LogP contribution in [0.25, 0.3) is 0 Å². The first-order valence-electron chi connectivity index (χ1n) is 10.0. The van der Waals surface area contributed by atoms with Gasteiger partial charge in [0.25, 0.3) is 0 Å². The monoisotopic (exact) mass is 434 g/mol. The van der Waals surface area contributed by atoms with Crippen LogP contribution in [0.15, 0.2) is 40.9 Å². The van der Waals surface area contributed by atoms with E-state index in [2.05, 4.69) is 17.5 Å². The lowest BCUT2D eigenvalue weighted by atomic mass is 9.89. The molecule has 1 amide bonds. The Morgan fingerprint density at radius 1 is 1.31 bits per heavy atom. The van der Waals surface area contributed by atoms with Crippen LogP contribution in [0.2, 0.25) is 0 Å². The minimum Gasteiger partial charge on any atom is -0.392 e. The number of thioether (sulfide) groups is 1. The van der Waals surface area contributed by atoms with Gasteiger partial charge in [-0.3, -0.25) is 19.4 Å². The molecule has 5 atom stereocenters. The Labute approximate surface area is 180 Å². The highest BCUT2D eigenvalue weighted by Gasteiger charge is 2.58.